The maximum Gasteiger partial charge on any atom is 0.380 e. The van der Waals surface area contributed by atoms with Gasteiger partial charge in [-0.25, -0.2) is 4.79 Å². The van der Waals surface area contributed by atoms with E-state index < -0.39 is 67.1 Å². The molecule has 2 bridgehead atoms. The molecule has 214 valence electrons. The molecule has 2 fully saturated rings. The van der Waals surface area contributed by atoms with Gasteiger partial charge in [-0.05, 0) is 6.42 Å². The molecular weight excluding hydrogens is 482 g/mol. The van der Waals surface area contributed by atoms with Gasteiger partial charge in [0.1, 0.15) is 12.2 Å². The summed E-state index contributed by atoms with van der Waals surface area (Å²) in [5.41, 5.74) is 0. The molecule has 10 nitrogen and oxygen atoms in total. The molecule has 2 saturated heterocycles. The van der Waals surface area contributed by atoms with E-state index in [1.165, 1.54) is 64.7 Å². The van der Waals surface area contributed by atoms with Gasteiger partial charge in [-0.15, -0.1) is 0 Å². The van der Waals surface area contributed by atoms with Crippen molar-refractivity contribution >= 4 is 17.8 Å². The van der Waals surface area contributed by atoms with Crippen LogP contribution in [0.5, 0.6) is 0 Å². The Morgan fingerprint density at radius 3 is 2.08 bits per heavy atom. The van der Waals surface area contributed by atoms with Crippen molar-refractivity contribution in [2.45, 2.75) is 146 Å². The molecule has 0 unspecified atom stereocenters. The number of carbonyl (C=O) groups is 3. The number of hydrogen-bond acceptors (Lipinski definition) is 9. The lowest BCUT2D eigenvalue weighted by molar-refractivity contribution is -0.333. The number of fused-ring (bicyclic) bond motifs is 2. The van der Waals surface area contributed by atoms with E-state index in [4.69, 9.17) is 14.2 Å². The molecule has 0 saturated carbocycles. The van der Waals surface area contributed by atoms with Gasteiger partial charge in [0.05, 0.1) is 25.2 Å². The molecule has 0 aromatic heterocycles. The first kappa shape index (κ1) is 31.5. The average molecular weight is 530 g/mol. The highest BCUT2D eigenvalue weighted by Gasteiger charge is 2.63. The molecule has 0 aromatic rings. The van der Waals surface area contributed by atoms with Crippen molar-refractivity contribution in [3.05, 3.63) is 0 Å². The van der Waals surface area contributed by atoms with Gasteiger partial charge in [-0.1, -0.05) is 84.0 Å². The zero-order valence-electron chi connectivity index (χ0n) is 22.5. The summed E-state index contributed by atoms with van der Waals surface area (Å²) < 4.78 is 16.4. The van der Waals surface area contributed by atoms with Crippen LogP contribution in [0.25, 0.3) is 0 Å². The molecule has 2 aliphatic heterocycles. The largest absolute Gasteiger partial charge is 0.452 e. The zero-order chi connectivity index (χ0) is 27.3. The minimum Gasteiger partial charge on any atom is -0.452 e. The predicted octanol–water partition coefficient (Wildman–Crippen LogP) is 2.64. The van der Waals surface area contributed by atoms with Gasteiger partial charge in [-0.2, -0.15) is 0 Å². The van der Waals surface area contributed by atoms with Gasteiger partial charge in [0, 0.05) is 13.3 Å². The first-order valence-electron chi connectivity index (χ1n) is 14.1. The minimum atomic E-state index is -2.15. The Labute approximate surface area is 220 Å². The van der Waals surface area contributed by atoms with Gasteiger partial charge >= 0.3 is 17.7 Å². The van der Waals surface area contributed by atoms with Crippen LogP contribution in [0.4, 0.5) is 0 Å². The lowest BCUT2D eigenvalue weighted by Gasteiger charge is -2.51. The second-order valence-corrected chi connectivity index (χ2v) is 10.4. The fourth-order valence-corrected chi connectivity index (χ4v) is 5.09. The molecule has 0 spiro atoms. The van der Waals surface area contributed by atoms with E-state index in [2.05, 4.69) is 12.2 Å². The van der Waals surface area contributed by atoms with Crippen molar-refractivity contribution < 1.29 is 43.9 Å². The summed E-state index contributed by atoms with van der Waals surface area (Å²) in [4.78, 5) is 36.9. The molecule has 2 aliphatic rings. The fraction of sp³-hybridized carbons (Fsp3) is 0.889. The first-order chi connectivity index (χ1) is 17.7. The number of rotatable bonds is 18. The standard InChI is InChI=1S/C27H47NO9/c1-3-4-5-6-7-8-9-10-11-12-13-14-15-16-22(33)36-27-17-20(31)23(28-19(2)30)25(37-27)24(21(32)18-29)35-26(27)34/h20-21,23-25,29,31-32H,3-18H2,1-2H3,(H,28,30)/t20-,21+,23+,24+,25-,27-/m0/s1. The summed E-state index contributed by atoms with van der Waals surface area (Å²) in [6, 6.07) is -1.02. The molecule has 4 N–H and O–H groups in total. The lowest BCUT2D eigenvalue weighted by atomic mass is 9.86. The zero-order valence-corrected chi connectivity index (χ0v) is 22.5. The molecule has 0 radical (unpaired) electrons. The summed E-state index contributed by atoms with van der Waals surface area (Å²) >= 11 is 0. The molecular formula is C27H47NO9. The van der Waals surface area contributed by atoms with Crippen LogP contribution in [0.15, 0.2) is 0 Å². The number of amides is 1. The van der Waals surface area contributed by atoms with Crippen LogP contribution < -0.4 is 5.32 Å². The van der Waals surface area contributed by atoms with Crippen molar-refractivity contribution in [1.82, 2.24) is 5.32 Å². The summed E-state index contributed by atoms with van der Waals surface area (Å²) in [6.07, 6.45) is 9.58. The monoisotopic (exact) mass is 529 g/mol. The fourth-order valence-electron chi connectivity index (χ4n) is 5.09. The number of unbranched alkanes of at least 4 members (excludes halogenated alkanes) is 12. The van der Waals surface area contributed by atoms with Crippen LogP contribution in [-0.2, 0) is 28.6 Å². The summed E-state index contributed by atoms with van der Waals surface area (Å²) in [7, 11) is 0. The average Bonchev–Trinajstić information content (AvgIpc) is 2.85. The molecule has 37 heavy (non-hydrogen) atoms. The highest BCUT2D eigenvalue weighted by molar-refractivity contribution is 5.83. The van der Waals surface area contributed by atoms with Crippen molar-refractivity contribution in [2.24, 2.45) is 0 Å². The number of ether oxygens (including phenoxy) is 3. The second-order valence-electron chi connectivity index (χ2n) is 10.4. The molecule has 0 aromatic carbocycles. The van der Waals surface area contributed by atoms with Gasteiger partial charge in [0.15, 0.2) is 6.10 Å². The second kappa shape index (κ2) is 16.3. The Morgan fingerprint density at radius 2 is 1.57 bits per heavy atom. The number of hydrogen-bond donors (Lipinski definition) is 4. The van der Waals surface area contributed by atoms with Gasteiger partial charge in [0.25, 0.3) is 0 Å². The van der Waals surface area contributed by atoms with Crippen LogP contribution in [0.3, 0.4) is 0 Å². The van der Waals surface area contributed by atoms with Gasteiger partial charge in [-0.3, -0.25) is 9.59 Å². The van der Waals surface area contributed by atoms with Gasteiger partial charge in [0.2, 0.25) is 5.91 Å². The van der Waals surface area contributed by atoms with E-state index >= 15 is 0 Å². The Bertz CT molecular complexity index is 716. The van der Waals surface area contributed by atoms with E-state index in [1.807, 2.05) is 0 Å². The number of esters is 2. The van der Waals surface area contributed by atoms with E-state index in [0.717, 1.165) is 19.3 Å². The quantitative estimate of drug-likeness (QED) is 0.155. The van der Waals surface area contributed by atoms with E-state index in [1.54, 1.807) is 0 Å². The number of cyclic esters (lactones) is 1. The predicted molar refractivity (Wildman–Crippen MR) is 135 cm³/mol. The molecule has 2 rings (SSSR count). The normalized spacial score (nSPS) is 27.9. The first-order valence-corrected chi connectivity index (χ1v) is 14.1. The van der Waals surface area contributed by atoms with Crippen LogP contribution in [0.1, 0.15) is 110 Å². The van der Waals surface area contributed by atoms with Crippen LogP contribution in [0, 0.1) is 0 Å². The SMILES string of the molecule is CCCCCCCCCCCCCCCC(=O)O[C@@]12C[C@H](O)[C@@H](NC(C)=O)[C@H](O1)[C@@H]([C@H](O)CO)OC2=O. The number of carbonyl (C=O) groups excluding carboxylic acids is 3. The summed E-state index contributed by atoms with van der Waals surface area (Å²) in [5.74, 6) is -4.32. The van der Waals surface area contributed by atoms with Crippen LogP contribution in [-0.4, -0.2) is 76.0 Å². The number of nitrogens with one attached hydrogen (secondary N) is 1. The smallest absolute Gasteiger partial charge is 0.380 e. The third kappa shape index (κ3) is 9.81. The van der Waals surface area contributed by atoms with E-state index in [0.29, 0.717) is 6.42 Å². The minimum absolute atomic E-state index is 0.0920. The van der Waals surface area contributed by atoms with E-state index in [9.17, 15) is 29.7 Å². The molecule has 10 heteroatoms. The Balaban J connectivity index is 1.74. The number of aliphatic hydroxyl groups excluding tert-OH is 3. The highest BCUT2D eigenvalue weighted by Crippen LogP contribution is 2.39. The summed E-state index contributed by atoms with van der Waals surface area (Å²) in [5, 5.41) is 32.6. The molecule has 2 heterocycles. The third-order valence-electron chi connectivity index (χ3n) is 7.15. The topological polar surface area (TPSA) is 152 Å². The van der Waals surface area contributed by atoms with Crippen molar-refractivity contribution in [3.63, 3.8) is 0 Å². The Morgan fingerprint density at radius 1 is 1.03 bits per heavy atom. The Kier molecular flexibility index (Phi) is 13.8. The van der Waals surface area contributed by atoms with Crippen molar-refractivity contribution in [3.8, 4) is 0 Å². The highest BCUT2D eigenvalue weighted by atomic mass is 16.8. The molecule has 0 aliphatic carbocycles. The van der Waals surface area contributed by atoms with E-state index in [-0.39, 0.29) is 6.42 Å². The van der Waals surface area contributed by atoms with Crippen molar-refractivity contribution in [1.29, 1.82) is 0 Å². The Hall–Kier alpha value is -1.75. The van der Waals surface area contributed by atoms with Crippen LogP contribution in [0.2, 0.25) is 0 Å². The van der Waals surface area contributed by atoms with Crippen molar-refractivity contribution in [2.75, 3.05) is 6.61 Å². The molecule has 1 amide bonds. The maximum atomic E-state index is 12.7. The maximum absolute atomic E-state index is 12.7. The number of aliphatic hydroxyl groups is 3. The lowest BCUT2D eigenvalue weighted by Crippen LogP contribution is -2.72. The van der Waals surface area contributed by atoms with Gasteiger partial charge < -0.3 is 34.8 Å². The third-order valence-corrected chi connectivity index (χ3v) is 7.15. The molecule has 6 atom stereocenters. The summed E-state index contributed by atoms with van der Waals surface area (Å²) in [6.45, 7) is 2.75. The van der Waals surface area contributed by atoms with Crippen LogP contribution >= 0.6 is 0 Å².